The molecule has 1 saturated carbocycles. The third kappa shape index (κ3) is 29.4. The fraction of sp³-hybridized carbons (Fsp3) is 0.637. The van der Waals surface area contributed by atoms with Crippen LogP contribution in [0.5, 0.6) is 0 Å². The van der Waals surface area contributed by atoms with Crippen LogP contribution in [0, 0.1) is 29.1 Å². The molecular weight excluding hydrogens is 1570 g/mol. The first kappa shape index (κ1) is 95.3. The van der Waals surface area contributed by atoms with Crippen molar-refractivity contribution in [2.75, 3.05) is 136 Å². The molecule has 0 radical (unpaired) electrons. The van der Waals surface area contributed by atoms with Crippen molar-refractivity contribution in [3.05, 3.63) is 118 Å². The number of carbonyl (C=O) groups is 7. The summed E-state index contributed by atoms with van der Waals surface area (Å²) in [6.45, 7) is 16.8. The Morgan fingerprint density at radius 3 is 2.13 bits per heavy atom. The SMILES string of the molecule is CO[C@H]1CC2CCCC(O2)C(=O)C(=O)N2CCCC[C@H]2C(=O)O[C@H](CCC2CCC(OC(=O)N3CCC(N)(C(=O)NCCOCCOCCOCCOCCOCCOCCC(=O)N4CCc5cc(CNc6ncnc(N)c6C(=N)c6ccc7oc(N)nc7c6)ccc5C4)CC3)CC2)CC[C@H](C)/C=C(\C)[C@@H](O)CC(=O)[C@H](C)C[C@H](C)/C=C/C=CC=C1C. The zero-order valence-corrected chi connectivity index (χ0v) is 72.4. The second-order valence-electron chi connectivity index (χ2n) is 33.6. The summed E-state index contributed by atoms with van der Waals surface area (Å²) in [5.41, 5.74) is 24.5. The molecule has 1 aliphatic carbocycles. The fourth-order valence-corrected chi connectivity index (χ4v) is 16.8. The maximum Gasteiger partial charge on any atom is 0.410 e. The molecule has 2 unspecified atom stereocenters. The molecule has 670 valence electrons. The van der Waals surface area contributed by atoms with Gasteiger partial charge >= 0.3 is 12.1 Å². The average molecular weight is 1700 g/mol. The van der Waals surface area contributed by atoms with E-state index in [0.29, 0.717) is 203 Å². The van der Waals surface area contributed by atoms with Crippen LogP contribution in [0.15, 0.2) is 94.7 Å². The van der Waals surface area contributed by atoms with Crippen molar-refractivity contribution in [1.29, 1.82) is 5.41 Å². The lowest BCUT2D eigenvalue weighted by Gasteiger charge is -2.38. The van der Waals surface area contributed by atoms with Gasteiger partial charge in [-0.2, -0.15) is 4.98 Å². The number of esters is 1. The molecule has 0 spiro atoms. The number of nitrogen functional groups attached to an aromatic ring is 2. The van der Waals surface area contributed by atoms with E-state index in [2.05, 4.69) is 51.6 Å². The highest BCUT2D eigenvalue weighted by atomic mass is 16.6. The summed E-state index contributed by atoms with van der Waals surface area (Å²) in [6, 6.07) is 10.5. The molecule has 7 heterocycles. The number of hydrogen-bond donors (Lipinski definition) is 7. The second kappa shape index (κ2) is 49.0. The van der Waals surface area contributed by atoms with Crippen molar-refractivity contribution in [3.8, 4) is 0 Å². The molecule has 10 rings (SSSR count). The van der Waals surface area contributed by atoms with Crippen LogP contribution in [0.2, 0.25) is 0 Å². The van der Waals surface area contributed by atoms with E-state index in [1.807, 2.05) is 68.2 Å². The highest BCUT2D eigenvalue weighted by Crippen LogP contribution is 2.35. The first-order chi connectivity index (χ1) is 58.9. The number of anilines is 3. The summed E-state index contributed by atoms with van der Waals surface area (Å²) in [6.07, 6.45) is 21.3. The summed E-state index contributed by atoms with van der Waals surface area (Å²) >= 11 is 0. The van der Waals surface area contributed by atoms with Crippen LogP contribution < -0.4 is 27.8 Å². The Kier molecular flexibility index (Phi) is 38.3. The predicted molar refractivity (Wildman–Crippen MR) is 460 cm³/mol. The minimum absolute atomic E-state index is 0.00336. The van der Waals surface area contributed by atoms with Gasteiger partial charge in [-0.3, -0.25) is 29.4 Å². The predicted octanol–water partition coefficient (Wildman–Crippen LogP) is 10.2. The first-order valence-electron chi connectivity index (χ1n) is 44.0. The van der Waals surface area contributed by atoms with Gasteiger partial charge in [-0.25, -0.2) is 19.6 Å². The van der Waals surface area contributed by atoms with Crippen molar-refractivity contribution in [3.63, 3.8) is 0 Å². The van der Waals surface area contributed by atoms with Gasteiger partial charge in [0.1, 0.15) is 53.6 Å². The lowest BCUT2D eigenvalue weighted by atomic mass is 9.83. The molecule has 10 N–H and O–H groups in total. The van der Waals surface area contributed by atoms with Crippen LogP contribution in [0.4, 0.5) is 22.4 Å². The number of nitrogens with one attached hydrogen (secondary N) is 3. The van der Waals surface area contributed by atoms with Crippen LogP contribution in [0.1, 0.15) is 191 Å². The third-order valence-electron chi connectivity index (χ3n) is 24.2. The molecule has 4 aromatic rings. The average Bonchev–Trinajstić information content (AvgIpc) is 1.52. The smallest absolute Gasteiger partial charge is 0.410 e. The first-order valence-corrected chi connectivity index (χ1v) is 44.0. The van der Waals surface area contributed by atoms with E-state index < -0.39 is 53.6 Å². The minimum Gasteiger partial charge on any atom is -0.461 e. The number of oxazole rings is 1. The van der Waals surface area contributed by atoms with E-state index in [-0.39, 0.29) is 136 Å². The number of benzene rings is 2. The van der Waals surface area contributed by atoms with E-state index in [9.17, 15) is 38.7 Å². The number of ketones is 2. The Morgan fingerprint density at radius 1 is 0.713 bits per heavy atom. The standard InChI is InChI=1S/C91H132N12O19/c1-60-13-8-7-9-14-62(3)79(112-6)55-72-15-12-17-78(119-72)83(107)86(108)103-35-11-10-16-74(103)87(109)120-70(25-18-61(2)52-64(5)76(105)56-75(104)63(4)51-60)26-20-65-21-27-71(28-22-65)121-90(111)101-37-32-91(95,33-38-101)88(110)96-34-40-114-42-44-116-46-48-118-50-49-117-47-45-115-43-41-113-39-31-80(106)102-36-30-67-53-66(19-23-69(67)58-102)57-97-85-81(84(93)98-59-99-85)82(92)68-24-29-77-73(54-68)100-89(94)122-77/h7-9,13-14,19,23-24,29,52-54,59-61,63,65,70-72,74,76,78-79,92,105H,10-12,15-18,20-22,25-28,30-51,55-58,95H2,1-6H3,(H2,94,100)(H,96,110)(H3,93,97,98,99)/b9-7?,13-8+,62-14?,64-52+,92-82?/t60-,61+,63-,65?,70+,71?,72?,74+,76+,78?,79+/m1/s1. The van der Waals surface area contributed by atoms with Crippen molar-refractivity contribution in [1.82, 2.24) is 35.0 Å². The number of aliphatic hydroxyl groups excluding tert-OH is 1. The lowest BCUT2D eigenvalue weighted by Crippen LogP contribution is -2.60. The topological polar surface area (TPSA) is 420 Å². The maximum atomic E-state index is 14.5. The molecule has 9 atom stereocenters. The fourth-order valence-electron chi connectivity index (χ4n) is 16.8. The number of nitrogens with zero attached hydrogens (tertiary/aromatic N) is 6. The lowest BCUT2D eigenvalue weighted by molar-refractivity contribution is -0.167. The summed E-state index contributed by atoms with van der Waals surface area (Å²) in [5.74, 6) is -1.42. The number of Topliss-reactive ketones (excluding diaryl/α,β-unsaturated/α-hetero) is 2. The number of hydrogen-bond acceptors (Lipinski definition) is 27. The van der Waals surface area contributed by atoms with Gasteiger partial charge in [-0.15, -0.1) is 0 Å². The number of aromatic nitrogens is 3. The number of carbonyl (C=O) groups excluding carboxylic acids is 7. The maximum absolute atomic E-state index is 14.5. The number of amides is 4. The van der Waals surface area contributed by atoms with Gasteiger partial charge in [0.2, 0.25) is 17.6 Å². The Bertz CT molecular complexity index is 4210. The molecule has 31 nitrogen and oxygen atoms in total. The molecule has 122 heavy (non-hydrogen) atoms. The molecule has 2 bridgehead atoms. The van der Waals surface area contributed by atoms with Gasteiger partial charge in [0.15, 0.2) is 5.58 Å². The number of allylic oxidation sites excluding steroid dienone is 6. The molecule has 4 amide bonds. The summed E-state index contributed by atoms with van der Waals surface area (Å²) in [5, 5.41) is 26.5. The van der Waals surface area contributed by atoms with Crippen LogP contribution in [0.3, 0.4) is 0 Å². The summed E-state index contributed by atoms with van der Waals surface area (Å²) in [4.78, 5) is 114. The van der Waals surface area contributed by atoms with Crippen molar-refractivity contribution >= 4 is 75.8 Å². The minimum atomic E-state index is -1.15. The monoisotopic (exact) mass is 1700 g/mol. The Hall–Kier alpha value is -8.89. The molecular formula is C91H132N12O19. The van der Waals surface area contributed by atoms with Gasteiger partial charge in [0.05, 0.1) is 121 Å². The van der Waals surface area contributed by atoms with Gasteiger partial charge < -0.3 is 99.4 Å². The molecule has 3 saturated heterocycles. The Labute approximate surface area is 717 Å². The van der Waals surface area contributed by atoms with Crippen LogP contribution in [0.25, 0.3) is 11.1 Å². The summed E-state index contributed by atoms with van der Waals surface area (Å²) < 4.78 is 64.0. The number of nitrogens with two attached hydrogens (primary N) is 3. The molecule has 2 aromatic heterocycles. The van der Waals surface area contributed by atoms with E-state index in [0.717, 1.165) is 48.8 Å². The van der Waals surface area contributed by atoms with Gasteiger partial charge in [0.25, 0.3) is 11.9 Å². The number of aliphatic hydroxyl groups is 1. The molecule has 31 heteroatoms. The van der Waals surface area contributed by atoms with E-state index in [4.69, 9.17) is 74.4 Å². The summed E-state index contributed by atoms with van der Waals surface area (Å²) in [7, 11) is 1.65. The van der Waals surface area contributed by atoms with E-state index >= 15 is 0 Å². The van der Waals surface area contributed by atoms with Gasteiger partial charge in [0, 0.05) is 77.2 Å². The zero-order chi connectivity index (χ0) is 86.9. The van der Waals surface area contributed by atoms with Gasteiger partial charge in [-0.05, 0) is 193 Å². The van der Waals surface area contributed by atoms with Crippen molar-refractivity contribution in [2.45, 2.75) is 231 Å². The highest BCUT2D eigenvalue weighted by Gasteiger charge is 2.43. The van der Waals surface area contributed by atoms with Crippen LogP contribution >= 0.6 is 0 Å². The third-order valence-corrected chi connectivity index (χ3v) is 24.2. The zero-order valence-electron chi connectivity index (χ0n) is 72.4. The Balaban J connectivity index is 0.541. The Morgan fingerprint density at radius 2 is 1.42 bits per heavy atom. The van der Waals surface area contributed by atoms with Crippen LogP contribution in [-0.2, 0) is 95.6 Å². The number of likely N-dealkylation sites (tertiary alicyclic amines) is 1. The second-order valence-corrected chi connectivity index (χ2v) is 33.6. The quantitative estimate of drug-likeness (QED) is 0.00785. The molecule has 6 aliphatic rings. The van der Waals surface area contributed by atoms with Crippen molar-refractivity contribution < 1.29 is 90.5 Å². The number of cyclic esters (lactones) is 1. The highest BCUT2D eigenvalue weighted by molar-refractivity contribution is 6.38. The van der Waals surface area contributed by atoms with Crippen molar-refractivity contribution in [2.24, 2.45) is 29.4 Å². The van der Waals surface area contributed by atoms with E-state index in [1.54, 1.807) is 30.2 Å². The number of piperidine rings is 2. The number of methoxy groups -OCH3 is 1. The molecule has 2 aromatic carbocycles. The number of rotatable bonds is 32. The van der Waals surface area contributed by atoms with Gasteiger partial charge in [-0.1, -0.05) is 75.4 Å². The number of ether oxygens (including phenoxy) is 10. The largest absolute Gasteiger partial charge is 0.461 e. The molecule has 4 fully saturated rings. The van der Waals surface area contributed by atoms with Crippen LogP contribution in [-0.4, -0.2) is 249 Å². The van der Waals surface area contributed by atoms with E-state index in [1.165, 1.54) is 16.8 Å². The normalized spacial score (nSPS) is 25.2. The number of fused-ring (bicyclic) bond motifs is 5. The molecule has 5 aliphatic heterocycles.